The van der Waals surface area contributed by atoms with Gasteiger partial charge in [-0.15, -0.1) is 0 Å². The summed E-state index contributed by atoms with van der Waals surface area (Å²) in [6.07, 6.45) is -0.0404. The normalized spacial score (nSPS) is 18.1. The number of rotatable bonds is 4. The topological polar surface area (TPSA) is 94.0 Å². The summed E-state index contributed by atoms with van der Waals surface area (Å²) < 4.78 is 39.4. The molecule has 0 bridgehead atoms. The summed E-state index contributed by atoms with van der Waals surface area (Å²) in [6, 6.07) is 2.89. The second kappa shape index (κ2) is 7.75. The van der Waals surface area contributed by atoms with Crippen molar-refractivity contribution in [3.63, 3.8) is 0 Å². The third-order valence-corrected chi connectivity index (χ3v) is 6.38. The van der Waals surface area contributed by atoms with Gasteiger partial charge in [0.1, 0.15) is 10.8 Å². The Kier molecular flexibility index (Phi) is 5.72. The Morgan fingerprint density at radius 3 is 2.50 bits per heavy atom. The molecule has 4 N–H and O–H groups in total. The largest absolute Gasteiger partial charge is 0.434 e. The third-order valence-electron chi connectivity index (χ3n) is 5.33. The molecule has 1 saturated heterocycles. The monoisotopic (exact) mass is 412 g/mol. The van der Waals surface area contributed by atoms with Crippen LogP contribution in [0.1, 0.15) is 32.4 Å². The maximum absolute atomic E-state index is 13.1. The highest BCUT2D eigenvalue weighted by molar-refractivity contribution is 7.99. The fourth-order valence-electron chi connectivity index (χ4n) is 3.11. The van der Waals surface area contributed by atoms with E-state index in [1.807, 2.05) is 6.92 Å². The Hall–Kier alpha value is -2.07. The lowest BCUT2D eigenvalue weighted by atomic mass is 9.75. The number of hydrogen-bond acceptors (Lipinski definition) is 7. The second-order valence-corrected chi connectivity index (χ2v) is 8.33. The van der Waals surface area contributed by atoms with Gasteiger partial charge in [0.2, 0.25) is 0 Å². The van der Waals surface area contributed by atoms with Crippen LogP contribution in [0.4, 0.5) is 24.8 Å². The number of piperidine rings is 1. The van der Waals surface area contributed by atoms with Gasteiger partial charge in [0.25, 0.3) is 0 Å². The smallest absolute Gasteiger partial charge is 0.381 e. The molecule has 1 aliphatic heterocycles. The molecule has 0 saturated carbocycles. The Bertz CT molecular complexity index is 834. The fourth-order valence-corrected chi connectivity index (χ4v) is 3.98. The first-order valence-corrected chi connectivity index (χ1v) is 9.75. The van der Waals surface area contributed by atoms with Gasteiger partial charge < -0.3 is 16.4 Å². The van der Waals surface area contributed by atoms with Crippen molar-refractivity contribution in [2.24, 2.45) is 11.1 Å². The Morgan fingerprint density at radius 1 is 1.25 bits per heavy atom. The number of nitrogens with zero attached hydrogens (tertiary/aromatic N) is 4. The minimum Gasteiger partial charge on any atom is -0.381 e. The molecule has 0 spiro atoms. The van der Waals surface area contributed by atoms with Gasteiger partial charge in [0.15, 0.2) is 11.5 Å². The van der Waals surface area contributed by atoms with Crippen LogP contribution >= 0.6 is 11.8 Å². The summed E-state index contributed by atoms with van der Waals surface area (Å²) in [7, 11) is 0. The van der Waals surface area contributed by atoms with Gasteiger partial charge in [0.05, 0.1) is 6.20 Å². The predicted octanol–water partition coefficient (Wildman–Crippen LogP) is 3.58. The molecule has 0 unspecified atom stereocenters. The predicted molar refractivity (Wildman–Crippen MR) is 103 cm³/mol. The zero-order chi connectivity index (χ0) is 20.5. The average molecular weight is 412 g/mol. The van der Waals surface area contributed by atoms with Gasteiger partial charge in [-0.05, 0) is 37.3 Å². The molecule has 3 heterocycles. The van der Waals surface area contributed by atoms with Crippen molar-refractivity contribution in [3.8, 4) is 0 Å². The molecular weight excluding hydrogens is 389 g/mol. The van der Waals surface area contributed by atoms with E-state index in [2.05, 4.69) is 26.8 Å². The van der Waals surface area contributed by atoms with Gasteiger partial charge in [0, 0.05) is 30.2 Å². The van der Waals surface area contributed by atoms with Crippen molar-refractivity contribution in [2.45, 2.75) is 48.8 Å². The maximum atomic E-state index is 13.1. The van der Waals surface area contributed by atoms with Gasteiger partial charge in [-0.25, -0.2) is 9.97 Å². The molecule has 152 valence electrons. The molecule has 0 aromatic carbocycles. The molecule has 1 fully saturated rings. The van der Waals surface area contributed by atoms with Crippen molar-refractivity contribution in [1.82, 2.24) is 15.0 Å². The fraction of sp³-hybridized carbons (Fsp3) is 0.500. The van der Waals surface area contributed by atoms with E-state index in [-0.39, 0.29) is 27.2 Å². The number of pyridine rings is 1. The Balaban J connectivity index is 1.76. The first-order valence-electron chi connectivity index (χ1n) is 8.93. The van der Waals surface area contributed by atoms with Crippen LogP contribution < -0.4 is 16.4 Å². The Morgan fingerprint density at radius 2 is 1.93 bits per heavy atom. The lowest BCUT2D eigenvalue weighted by Crippen LogP contribution is -2.47. The first kappa shape index (κ1) is 20.7. The van der Waals surface area contributed by atoms with Gasteiger partial charge >= 0.3 is 6.18 Å². The van der Waals surface area contributed by atoms with E-state index in [0.717, 1.165) is 43.9 Å². The minimum atomic E-state index is -4.55. The minimum absolute atomic E-state index is 0.0607. The number of halogens is 3. The lowest BCUT2D eigenvalue weighted by Gasteiger charge is -2.42. The summed E-state index contributed by atoms with van der Waals surface area (Å²) in [5.41, 5.74) is 11.2. The van der Waals surface area contributed by atoms with Crippen molar-refractivity contribution in [1.29, 1.82) is 0 Å². The number of aromatic nitrogens is 3. The van der Waals surface area contributed by atoms with E-state index in [1.165, 1.54) is 12.1 Å². The van der Waals surface area contributed by atoms with Crippen molar-refractivity contribution < 1.29 is 13.2 Å². The summed E-state index contributed by atoms with van der Waals surface area (Å²) in [5.74, 6) is 0.718. The van der Waals surface area contributed by atoms with Crippen LogP contribution in [-0.4, -0.2) is 34.1 Å². The van der Waals surface area contributed by atoms with Crippen LogP contribution in [0, 0.1) is 5.41 Å². The van der Waals surface area contributed by atoms with E-state index >= 15 is 0 Å². The van der Waals surface area contributed by atoms with E-state index in [4.69, 9.17) is 11.5 Å². The van der Waals surface area contributed by atoms with Gasteiger partial charge in [-0.2, -0.15) is 13.2 Å². The quantitative estimate of drug-likeness (QED) is 0.793. The lowest BCUT2D eigenvalue weighted by molar-refractivity contribution is -0.143. The molecule has 0 radical (unpaired) electrons. The van der Waals surface area contributed by atoms with Crippen LogP contribution in [0.25, 0.3) is 0 Å². The molecule has 2 aromatic rings. The van der Waals surface area contributed by atoms with E-state index < -0.39 is 11.9 Å². The van der Waals surface area contributed by atoms with Crippen molar-refractivity contribution >= 4 is 23.4 Å². The summed E-state index contributed by atoms with van der Waals surface area (Å²) in [4.78, 5) is 14.1. The zero-order valence-corrected chi connectivity index (χ0v) is 16.5. The van der Waals surface area contributed by atoms with Gasteiger partial charge in [-0.1, -0.05) is 18.7 Å². The Labute approximate surface area is 165 Å². The molecule has 0 aliphatic carbocycles. The molecule has 28 heavy (non-hydrogen) atoms. The van der Waals surface area contributed by atoms with Crippen LogP contribution in [0.2, 0.25) is 0 Å². The standard InChI is InChI=1S/C18H23F3N6S/c1-11(22)17(2)5-8-27(9-6-17)13-10-25-16(15(23)26-13)28-12-4-3-7-24-14(12)18(19,20)21/h3-4,7,10-11H,5-6,8-9,22H2,1-2H3,(H2,23,26)/t11-/m1/s1. The third kappa shape index (κ3) is 4.33. The highest BCUT2D eigenvalue weighted by Gasteiger charge is 2.36. The van der Waals surface area contributed by atoms with Crippen molar-refractivity contribution in [2.75, 3.05) is 23.7 Å². The van der Waals surface area contributed by atoms with E-state index in [0.29, 0.717) is 5.82 Å². The highest BCUT2D eigenvalue weighted by Crippen LogP contribution is 2.39. The van der Waals surface area contributed by atoms with Crippen LogP contribution in [0.5, 0.6) is 0 Å². The SMILES string of the molecule is C[C@@H](N)C1(C)CCN(c2cnc(Sc3cccnc3C(F)(F)F)c(N)n2)CC1. The van der Waals surface area contributed by atoms with Crippen LogP contribution in [0.15, 0.2) is 34.4 Å². The van der Waals surface area contributed by atoms with E-state index in [9.17, 15) is 13.2 Å². The first-order chi connectivity index (χ1) is 13.1. The van der Waals surface area contributed by atoms with Gasteiger partial charge in [-0.3, -0.25) is 4.98 Å². The molecule has 2 aromatic heterocycles. The number of anilines is 2. The van der Waals surface area contributed by atoms with Crippen LogP contribution in [0.3, 0.4) is 0 Å². The van der Waals surface area contributed by atoms with E-state index in [1.54, 1.807) is 6.20 Å². The number of nitrogens with two attached hydrogens (primary N) is 2. The molecule has 3 rings (SSSR count). The summed E-state index contributed by atoms with van der Waals surface area (Å²) in [5, 5.41) is 0.222. The molecule has 1 aliphatic rings. The average Bonchev–Trinajstić information content (AvgIpc) is 2.63. The number of nitrogen functional groups attached to an aromatic ring is 1. The molecular formula is C18H23F3N6S. The molecule has 0 amide bonds. The number of hydrogen-bond donors (Lipinski definition) is 2. The second-order valence-electron chi connectivity index (χ2n) is 7.30. The summed E-state index contributed by atoms with van der Waals surface area (Å²) >= 11 is 0.811. The molecule has 1 atom stereocenters. The maximum Gasteiger partial charge on any atom is 0.434 e. The van der Waals surface area contributed by atoms with Crippen LogP contribution in [-0.2, 0) is 6.18 Å². The summed E-state index contributed by atoms with van der Waals surface area (Å²) in [6.45, 7) is 5.76. The molecule has 10 heteroatoms. The van der Waals surface area contributed by atoms with Crippen molar-refractivity contribution in [3.05, 3.63) is 30.2 Å². The molecule has 6 nitrogen and oxygen atoms in total. The highest BCUT2D eigenvalue weighted by atomic mass is 32.2. The number of alkyl halides is 3. The zero-order valence-electron chi connectivity index (χ0n) is 15.7.